The quantitative estimate of drug-likeness (QED) is 0.624. The molecule has 0 saturated heterocycles. The molecule has 0 aromatic heterocycles. The van der Waals surface area contributed by atoms with Crippen molar-refractivity contribution in [2.75, 3.05) is 25.1 Å². The summed E-state index contributed by atoms with van der Waals surface area (Å²) in [5.74, 6) is 2.37. The van der Waals surface area contributed by atoms with E-state index in [4.69, 9.17) is 0 Å². The fourth-order valence-corrected chi connectivity index (χ4v) is 2.72. The molecule has 0 radical (unpaired) electrons. The molecule has 0 heterocycles. The predicted octanol–water partition coefficient (Wildman–Crippen LogP) is 3.30. The lowest BCUT2D eigenvalue weighted by Gasteiger charge is -2.09. The minimum absolute atomic E-state index is 1.05. The maximum Gasteiger partial charge on any atom is -0.00463 e. The summed E-state index contributed by atoms with van der Waals surface area (Å²) in [7, 11) is 0. The van der Waals surface area contributed by atoms with Gasteiger partial charge in [0, 0.05) is 0 Å². The first-order valence-electron chi connectivity index (χ1n) is 6.13. The molecule has 0 atom stereocenters. The van der Waals surface area contributed by atoms with Gasteiger partial charge in [0.25, 0.3) is 0 Å². The summed E-state index contributed by atoms with van der Waals surface area (Å²) < 4.78 is 0. The zero-order valence-electron chi connectivity index (χ0n) is 9.56. The van der Waals surface area contributed by atoms with Gasteiger partial charge in [-0.1, -0.05) is 25.7 Å². The van der Waals surface area contributed by atoms with Gasteiger partial charge in [0.2, 0.25) is 0 Å². The van der Waals surface area contributed by atoms with Crippen molar-refractivity contribution in [3.8, 4) is 0 Å². The maximum atomic E-state index is 3.56. The molecular formula is C12H25NS. The second-order valence-corrected chi connectivity index (χ2v) is 5.37. The van der Waals surface area contributed by atoms with Crippen LogP contribution in [0.4, 0.5) is 0 Å². The summed E-state index contributed by atoms with van der Waals surface area (Å²) in [6.07, 6.45) is 12.3. The molecule has 0 amide bonds. The number of nitrogens with one attached hydrogen (secondary N) is 1. The van der Waals surface area contributed by atoms with Crippen LogP contribution in [-0.2, 0) is 0 Å². The molecule has 84 valence electrons. The third-order valence-corrected chi connectivity index (χ3v) is 3.85. The molecule has 1 aliphatic rings. The molecule has 0 aromatic rings. The van der Waals surface area contributed by atoms with E-state index >= 15 is 0 Å². The minimum atomic E-state index is 1.05. The maximum absolute atomic E-state index is 3.56. The number of hydrogen-bond donors (Lipinski definition) is 1. The highest BCUT2D eigenvalue weighted by atomic mass is 32.2. The van der Waals surface area contributed by atoms with E-state index in [1.807, 2.05) is 11.8 Å². The van der Waals surface area contributed by atoms with E-state index in [0.717, 1.165) is 5.92 Å². The van der Waals surface area contributed by atoms with Crippen molar-refractivity contribution in [3.63, 3.8) is 0 Å². The molecule has 0 unspecified atom stereocenters. The Morgan fingerprint density at radius 2 is 1.93 bits per heavy atom. The van der Waals surface area contributed by atoms with Gasteiger partial charge in [-0.05, 0) is 50.3 Å². The van der Waals surface area contributed by atoms with E-state index in [2.05, 4.69) is 11.6 Å². The average Bonchev–Trinajstić information content (AvgIpc) is 2.69. The number of hydrogen-bond acceptors (Lipinski definition) is 2. The highest BCUT2D eigenvalue weighted by molar-refractivity contribution is 7.98. The van der Waals surface area contributed by atoms with Crippen LogP contribution in [0.15, 0.2) is 0 Å². The lowest BCUT2D eigenvalue weighted by Crippen LogP contribution is -2.18. The number of thioether (sulfide) groups is 1. The van der Waals surface area contributed by atoms with E-state index in [0.29, 0.717) is 0 Å². The molecule has 0 aromatic carbocycles. The Hall–Kier alpha value is 0.310. The average molecular weight is 215 g/mol. The van der Waals surface area contributed by atoms with Crippen molar-refractivity contribution in [1.29, 1.82) is 0 Å². The van der Waals surface area contributed by atoms with Gasteiger partial charge >= 0.3 is 0 Å². The number of unbranched alkanes of at least 4 members (excludes halogenated alkanes) is 1. The topological polar surface area (TPSA) is 12.0 Å². The summed E-state index contributed by atoms with van der Waals surface area (Å²) in [4.78, 5) is 0. The molecule has 1 aliphatic carbocycles. The summed E-state index contributed by atoms with van der Waals surface area (Å²) in [5, 5.41) is 3.56. The Bertz CT molecular complexity index is 121. The first kappa shape index (κ1) is 12.4. The van der Waals surface area contributed by atoms with Crippen molar-refractivity contribution in [3.05, 3.63) is 0 Å². The van der Waals surface area contributed by atoms with Crippen molar-refractivity contribution in [1.82, 2.24) is 5.32 Å². The largest absolute Gasteiger partial charge is 0.317 e. The molecule has 14 heavy (non-hydrogen) atoms. The van der Waals surface area contributed by atoms with Gasteiger partial charge in [0.1, 0.15) is 0 Å². The summed E-state index contributed by atoms with van der Waals surface area (Å²) in [5.41, 5.74) is 0. The van der Waals surface area contributed by atoms with E-state index < -0.39 is 0 Å². The van der Waals surface area contributed by atoms with Gasteiger partial charge in [-0.15, -0.1) is 0 Å². The van der Waals surface area contributed by atoms with Gasteiger partial charge in [-0.2, -0.15) is 11.8 Å². The van der Waals surface area contributed by atoms with Crippen LogP contribution in [0.5, 0.6) is 0 Å². The molecule has 0 spiro atoms. The highest BCUT2D eigenvalue weighted by Gasteiger charge is 2.13. The van der Waals surface area contributed by atoms with Crippen molar-refractivity contribution < 1.29 is 0 Å². The normalized spacial score (nSPS) is 17.8. The first-order valence-corrected chi connectivity index (χ1v) is 7.52. The predicted molar refractivity (Wildman–Crippen MR) is 67.1 cm³/mol. The van der Waals surface area contributed by atoms with Crippen LogP contribution in [0.1, 0.15) is 44.9 Å². The highest BCUT2D eigenvalue weighted by Crippen LogP contribution is 2.26. The van der Waals surface area contributed by atoms with E-state index in [-0.39, 0.29) is 0 Å². The van der Waals surface area contributed by atoms with Crippen LogP contribution < -0.4 is 5.32 Å². The smallest absolute Gasteiger partial charge is 0.00463 e. The lowest BCUT2D eigenvalue weighted by molar-refractivity contribution is 0.475. The lowest BCUT2D eigenvalue weighted by atomic mass is 10.0. The van der Waals surface area contributed by atoms with Crippen LogP contribution in [0.3, 0.4) is 0 Å². The Labute approximate surface area is 93.4 Å². The molecule has 2 heteroatoms. The SMILES string of the molecule is CSCCCCNCCC1CCCC1. The number of rotatable bonds is 8. The Morgan fingerprint density at radius 1 is 1.14 bits per heavy atom. The minimum Gasteiger partial charge on any atom is -0.317 e. The van der Waals surface area contributed by atoms with Gasteiger partial charge < -0.3 is 5.32 Å². The standard InChI is InChI=1S/C12H25NS/c1-14-11-5-4-9-13-10-8-12-6-2-3-7-12/h12-13H,2-11H2,1H3. The van der Waals surface area contributed by atoms with Crippen LogP contribution in [0.25, 0.3) is 0 Å². The zero-order valence-corrected chi connectivity index (χ0v) is 10.4. The second-order valence-electron chi connectivity index (χ2n) is 4.39. The summed E-state index contributed by atoms with van der Waals surface area (Å²) >= 11 is 1.96. The van der Waals surface area contributed by atoms with Crippen LogP contribution in [0.2, 0.25) is 0 Å². The van der Waals surface area contributed by atoms with Crippen molar-refractivity contribution in [2.24, 2.45) is 5.92 Å². The van der Waals surface area contributed by atoms with Gasteiger partial charge in [0.15, 0.2) is 0 Å². The van der Waals surface area contributed by atoms with Crippen LogP contribution in [-0.4, -0.2) is 25.1 Å². The van der Waals surface area contributed by atoms with Crippen LogP contribution in [0, 0.1) is 5.92 Å². The molecule has 1 N–H and O–H groups in total. The molecule has 0 bridgehead atoms. The Morgan fingerprint density at radius 3 is 2.64 bits per heavy atom. The third-order valence-electron chi connectivity index (χ3n) is 3.16. The van der Waals surface area contributed by atoms with E-state index in [1.54, 1.807) is 0 Å². The summed E-state index contributed by atoms with van der Waals surface area (Å²) in [6.45, 7) is 2.48. The van der Waals surface area contributed by atoms with Gasteiger partial charge in [0.05, 0.1) is 0 Å². The van der Waals surface area contributed by atoms with E-state index in [9.17, 15) is 0 Å². The molecule has 1 fully saturated rings. The van der Waals surface area contributed by atoms with Crippen molar-refractivity contribution in [2.45, 2.75) is 44.9 Å². The van der Waals surface area contributed by atoms with Crippen LogP contribution >= 0.6 is 11.8 Å². The molecule has 1 nitrogen and oxygen atoms in total. The monoisotopic (exact) mass is 215 g/mol. The molecule has 1 saturated carbocycles. The fraction of sp³-hybridized carbons (Fsp3) is 1.00. The summed E-state index contributed by atoms with van der Waals surface area (Å²) in [6, 6.07) is 0. The van der Waals surface area contributed by atoms with Gasteiger partial charge in [-0.3, -0.25) is 0 Å². The molecule has 1 rings (SSSR count). The molecular weight excluding hydrogens is 190 g/mol. The van der Waals surface area contributed by atoms with E-state index in [1.165, 1.54) is 63.8 Å². The fourth-order valence-electron chi connectivity index (χ4n) is 2.23. The Balaban J connectivity index is 1.75. The van der Waals surface area contributed by atoms with Crippen molar-refractivity contribution >= 4 is 11.8 Å². The zero-order chi connectivity index (χ0) is 10.1. The van der Waals surface area contributed by atoms with Gasteiger partial charge in [-0.25, -0.2) is 0 Å². The second kappa shape index (κ2) is 8.60. The Kier molecular flexibility index (Phi) is 7.61. The third kappa shape index (κ3) is 5.92. The molecule has 0 aliphatic heterocycles. The first-order chi connectivity index (χ1) is 6.93.